The van der Waals surface area contributed by atoms with Crippen molar-refractivity contribution in [3.05, 3.63) is 30.2 Å². The summed E-state index contributed by atoms with van der Waals surface area (Å²) in [6.07, 6.45) is 3.51. The van der Waals surface area contributed by atoms with Gasteiger partial charge in [0.2, 0.25) is 5.88 Å². The second-order valence-corrected chi connectivity index (χ2v) is 9.09. The third kappa shape index (κ3) is 4.84. The number of hydrogen-bond acceptors (Lipinski definition) is 9. The summed E-state index contributed by atoms with van der Waals surface area (Å²) in [5.41, 5.74) is 1.10. The molecule has 3 aliphatic heterocycles. The minimum atomic E-state index is -0.618. The second kappa shape index (κ2) is 9.27. The molecule has 2 N–H and O–H groups in total. The summed E-state index contributed by atoms with van der Waals surface area (Å²) in [6, 6.07) is 3.11. The molecular formula is C23H29N7O5. The molecule has 0 aromatic carbocycles. The van der Waals surface area contributed by atoms with E-state index in [0.717, 1.165) is 18.7 Å². The number of pyridine rings is 1. The fourth-order valence-corrected chi connectivity index (χ4v) is 4.50. The fourth-order valence-electron chi connectivity index (χ4n) is 4.50. The van der Waals surface area contributed by atoms with E-state index in [-0.39, 0.29) is 42.2 Å². The normalized spacial score (nSPS) is 22.0. The first-order chi connectivity index (χ1) is 16.8. The third-order valence-electron chi connectivity index (χ3n) is 6.09. The minimum Gasteiger partial charge on any atom is -0.474 e. The van der Waals surface area contributed by atoms with Crippen molar-refractivity contribution in [2.45, 2.75) is 45.1 Å². The molecule has 2 fully saturated rings. The maximum atomic E-state index is 13.3. The molecule has 35 heavy (non-hydrogen) atoms. The number of carbonyl (C=O) groups excluding carboxylic acids is 2. The Morgan fingerprint density at radius 2 is 2.11 bits per heavy atom. The second-order valence-electron chi connectivity index (χ2n) is 9.09. The zero-order valence-electron chi connectivity index (χ0n) is 20.0. The molecule has 12 nitrogen and oxygen atoms in total. The van der Waals surface area contributed by atoms with Gasteiger partial charge in [0.15, 0.2) is 17.4 Å². The first-order valence-electron chi connectivity index (χ1n) is 11.7. The van der Waals surface area contributed by atoms with Crippen LogP contribution in [0.3, 0.4) is 0 Å². The van der Waals surface area contributed by atoms with E-state index in [1.54, 1.807) is 11.0 Å². The first-order valence-corrected chi connectivity index (χ1v) is 11.7. The van der Waals surface area contributed by atoms with Gasteiger partial charge in [-0.15, -0.1) is 0 Å². The van der Waals surface area contributed by atoms with Crippen LogP contribution in [0.5, 0.6) is 5.88 Å². The largest absolute Gasteiger partial charge is 0.474 e. The average molecular weight is 484 g/mol. The Hall–Kier alpha value is -3.51. The van der Waals surface area contributed by atoms with Crippen molar-refractivity contribution in [3.63, 3.8) is 0 Å². The molecule has 3 amide bonds. The van der Waals surface area contributed by atoms with Crippen molar-refractivity contribution in [2.75, 3.05) is 48.0 Å². The molecule has 5 rings (SSSR count). The molecule has 2 aromatic rings. The van der Waals surface area contributed by atoms with Crippen LogP contribution >= 0.6 is 0 Å². The van der Waals surface area contributed by atoms with Crippen LogP contribution < -0.4 is 25.2 Å². The van der Waals surface area contributed by atoms with Crippen molar-refractivity contribution in [2.24, 2.45) is 0 Å². The van der Waals surface area contributed by atoms with Crippen LogP contribution in [0.2, 0.25) is 0 Å². The molecule has 12 heteroatoms. The molecule has 2 saturated heterocycles. The van der Waals surface area contributed by atoms with E-state index < -0.39 is 5.79 Å². The fraction of sp³-hybridized carbons (Fsp3) is 0.522. The average Bonchev–Trinajstić information content (AvgIpc) is 3.41. The molecule has 2 atom stereocenters. The Bertz CT molecular complexity index is 1110. The van der Waals surface area contributed by atoms with Crippen LogP contribution in [-0.4, -0.2) is 77.7 Å². The van der Waals surface area contributed by atoms with Crippen molar-refractivity contribution in [3.8, 4) is 5.88 Å². The third-order valence-corrected chi connectivity index (χ3v) is 6.09. The van der Waals surface area contributed by atoms with Gasteiger partial charge in [0.1, 0.15) is 18.4 Å². The molecule has 2 aromatic heterocycles. The number of carbonyl (C=O) groups is 2. The van der Waals surface area contributed by atoms with Gasteiger partial charge >= 0.3 is 6.03 Å². The number of fused-ring (bicyclic) bond motifs is 4. The van der Waals surface area contributed by atoms with Crippen LogP contribution in [0.15, 0.2) is 24.5 Å². The van der Waals surface area contributed by atoms with Gasteiger partial charge < -0.3 is 24.4 Å². The molecule has 2 bridgehead atoms. The Morgan fingerprint density at radius 1 is 1.26 bits per heavy atom. The molecule has 5 heterocycles. The molecular weight excluding hydrogens is 454 g/mol. The van der Waals surface area contributed by atoms with E-state index in [0.29, 0.717) is 31.4 Å². The number of nitrogens with zero attached hydrogens (tertiary/aromatic N) is 5. The summed E-state index contributed by atoms with van der Waals surface area (Å²) in [6.45, 7) is 8.31. The Labute approximate surface area is 203 Å². The molecule has 0 aliphatic carbocycles. The van der Waals surface area contributed by atoms with Gasteiger partial charge in [-0.3, -0.25) is 15.0 Å². The van der Waals surface area contributed by atoms with Gasteiger partial charge in [-0.05, 0) is 39.3 Å². The monoisotopic (exact) mass is 483 g/mol. The topological polar surface area (TPSA) is 131 Å². The SMILES string of the molecule is CCNC(=O)c1ccc2c(n1)N(C(=O)Nc1cnc(OC[C@H]3COC(C)(C)O3)cn1)C1CCN2C1. The quantitative estimate of drug-likeness (QED) is 0.631. The standard InChI is InChI=1S/C23H29N7O5/c1-4-24-21(31)16-5-6-17-20(27-16)30(14-7-8-29(17)11-14)22(32)28-18-9-26-19(10-25-18)33-12-15-13-34-23(2,3)35-15/h5-6,9-10,14-15H,4,7-8,11-13H2,1-3H3,(H,24,31)(H,25,28,32)/t14?,15-/m0/s1. The first kappa shape index (κ1) is 23.2. The smallest absolute Gasteiger partial charge is 0.329 e. The molecule has 0 saturated carbocycles. The van der Waals surface area contributed by atoms with Crippen molar-refractivity contribution < 1.29 is 23.8 Å². The molecule has 0 spiro atoms. The van der Waals surface area contributed by atoms with Gasteiger partial charge in [-0.1, -0.05) is 0 Å². The number of nitrogens with one attached hydrogen (secondary N) is 2. The number of ether oxygens (including phenoxy) is 3. The van der Waals surface area contributed by atoms with Crippen molar-refractivity contribution in [1.82, 2.24) is 20.3 Å². The van der Waals surface area contributed by atoms with Gasteiger partial charge in [0.25, 0.3) is 5.91 Å². The highest BCUT2D eigenvalue weighted by atomic mass is 16.7. The predicted octanol–water partition coefficient (Wildman–Crippen LogP) is 1.78. The van der Waals surface area contributed by atoms with Gasteiger partial charge in [0, 0.05) is 19.6 Å². The number of anilines is 3. The van der Waals surface area contributed by atoms with E-state index in [1.165, 1.54) is 12.4 Å². The van der Waals surface area contributed by atoms with E-state index >= 15 is 0 Å². The highest BCUT2D eigenvalue weighted by Gasteiger charge is 2.40. The maximum absolute atomic E-state index is 13.3. The Kier molecular flexibility index (Phi) is 6.15. The number of urea groups is 1. The van der Waals surface area contributed by atoms with E-state index in [1.807, 2.05) is 26.8 Å². The minimum absolute atomic E-state index is 0.0482. The summed E-state index contributed by atoms with van der Waals surface area (Å²) in [5.74, 6) is 0.176. The zero-order chi connectivity index (χ0) is 24.6. The predicted molar refractivity (Wildman–Crippen MR) is 127 cm³/mol. The highest BCUT2D eigenvalue weighted by Crippen LogP contribution is 2.39. The number of aromatic nitrogens is 3. The summed E-state index contributed by atoms with van der Waals surface area (Å²) in [7, 11) is 0. The van der Waals surface area contributed by atoms with E-state index in [4.69, 9.17) is 14.2 Å². The van der Waals surface area contributed by atoms with Crippen LogP contribution in [-0.2, 0) is 9.47 Å². The Balaban J connectivity index is 1.27. The lowest BCUT2D eigenvalue weighted by Crippen LogP contribution is -2.48. The lowest BCUT2D eigenvalue weighted by molar-refractivity contribution is -0.141. The van der Waals surface area contributed by atoms with E-state index in [9.17, 15) is 9.59 Å². The highest BCUT2D eigenvalue weighted by molar-refractivity contribution is 6.04. The maximum Gasteiger partial charge on any atom is 0.329 e. The number of amides is 3. The molecule has 3 aliphatic rings. The Morgan fingerprint density at radius 3 is 2.83 bits per heavy atom. The summed E-state index contributed by atoms with van der Waals surface area (Å²) in [4.78, 5) is 42.5. The van der Waals surface area contributed by atoms with Crippen LogP contribution in [0.25, 0.3) is 0 Å². The number of hydrogen-bond donors (Lipinski definition) is 2. The summed E-state index contributed by atoms with van der Waals surface area (Å²) < 4.78 is 16.9. The molecule has 0 radical (unpaired) electrons. The van der Waals surface area contributed by atoms with Gasteiger partial charge in [0.05, 0.1) is 30.7 Å². The van der Waals surface area contributed by atoms with Crippen molar-refractivity contribution >= 4 is 29.3 Å². The van der Waals surface area contributed by atoms with Crippen LogP contribution in [0.4, 0.5) is 22.1 Å². The van der Waals surface area contributed by atoms with Gasteiger partial charge in [-0.25, -0.2) is 19.7 Å². The lowest BCUT2D eigenvalue weighted by atomic mass is 10.1. The number of rotatable bonds is 6. The van der Waals surface area contributed by atoms with E-state index in [2.05, 4.69) is 30.5 Å². The van der Waals surface area contributed by atoms with Crippen LogP contribution in [0.1, 0.15) is 37.7 Å². The molecule has 186 valence electrons. The summed E-state index contributed by atoms with van der Waals surface area (Å²) >= 11 is 0. The van der Waals surface area contributed by atoms with Crippen LogP contribution in [0, 0.1) is 0 Å². The summed E-state index contributed by atoms with van der Waals surface area (Å²) in [5, 5.41) is 5.55. The molecule has 1 unspecified atom stereocenters. The lowest BCUT2D eigenvalue weighted by Gasteiger charge is -2.35. The zero-order valence-corrected chi connectivity index (χ0v) is 20.0. The van der Waals surface area contributed by atoms with Crippen molar-refractivity contribution in [1.29, 1.82) is 0 Å². The van der Waals surface area contributed by atoms with Gasteiger partial charge in [-0.2, -0.15) is 0 Å².